The van der Waals surface area contributed by atoms with Crippen molar-refractivity contribution >= 4 is 23.2 Å². The first-order chi connectivity index (χ1) is 13.0. The van der Waals surface area contributed by atoms with E-state index in [-0.39, 0.29) is 23.9 Å². The van der Waals surface area contributed by atoms with Gasteiger partial charge in [0.2, 0.25) is 5.91 Å². The topological polar surface area (TPSA) is 94.2 Å². The molecule has 27 heavy (non-hydrogen) atoms. The third-order valence-corrected chi connectivity index (χ3v) is 6.02. The van der Waals surface area contributed by atoms with E-state index in [2.05, 4.69) is 28.8 Å². The third-order valence-electron chi connectivity index (χ3n) is 5.71. The van der Waals surface area contributed by atoms with E-state index in [9.17, 15) is 4.79 Å². The van der Waals surface area contributed by atoms with Crippen LogP contribution in [0.5, 0.6) is 0 Å². The number of amides is 1. The lowest BCUT2D eigenvalue weighted by Gasteiger charge is -2.36. The van der Waals surface area contributed by atoms with Crippen LogP contribution in [-0.4, -0.2) is 31.1 Å². The number of hydrogen-bond donors (Lipinski definition) is 3. The van der Waals surface area contributed by atoms with Gasteiger partial charge in [-0.3, -0.25) is 16.1 Å². The number of hydrazine groups is 1. The largest absolute Gasteiger partial charge is 0.372 e. The van der Waals surface area contributed by atoms with Crippen LogP contribution in [0.4, 0.5) is 5.69 Å². The number of anilines is 1. The highest BCUT2D eigenvalue weighted by molar-refractivity contribution is 6.32. The van der Waals surface area contributed by atoms with Crippen LogP contribution in [0.15, 0.2) is 30.4 Å². The number of rotatable bonds is 5. The number of nitrogens with zero attached hydrogens (tertiary/aromatic N) is 2. The molecule has 6 nitrogen and oxygen atoms in total. The van der Waals surface area contributed by atoms with Gasteiger partial charge in [-0.1, -0.05) is 23.8 Å². The van der Waals surface area contributed by atoms with Crippen molar-refractivity contribution in [2.24, 2.45) is 11.8 Å². The summed E-state index contributed by atoms with van der Waals surface area (Å²) in [6, 6.07) is 8.35. The first-order valence-corrected chi connectivity index (χ1v) is 9.77. The highest BCUT2D eigenvalue weighted by Crippen LogP contribution is 2.29. The number of halogens is 1. The Morgan fingerprint density at radius 3 is 2.63 bits per heavy atom. The lowest BCUT2D eigenvalue weighted by molar-refractivity contribution is -0.124. The van der Waals surface area contributed by atoms with Crippen LogP contribution < -0.4 is 21.5 Å². The predicted molar refractivity (Wildman–Crippen MR) is 107 cm³/mol. The zero-order valence-electron chi connectivity index (χ0n) is 15.5. The summed E-state index contributed by atoms with van der Waals surface area (Å²) in [6.07, 6.45) is 8.55. The quantitative estimate of drug-likeness (QED) is 0.410. The van der Waals surface area contributed by atoms with Crippen LogP contribution >= 0.6 is 11.6 Å². The fraction of sp³-hybridized carbons (Fsp3) is 0.500. The molecule has 0 aliphatic heterocycles. The molecule has 1 aromatic carbocycles. The molecule has 7 heteroatoms. The SMILES string of the molecule is CN(c1ccc(C#N)c(Cl)c1)C1CCC(NC(=O)[C@@H]2C=CC(NN)C2)CC1. The molecular weight excluding hydrogens is 362 g/mol. The smallest absolute Gasteiger partial charge is 0.227 e. The molecule has 0 spiro atoms. The molecule has 0 saturated heterocycles. The first kappa shape index (κ1) is 19.7. The van der Waals surface area contributed by atoms with Gasteiger partial charge in [-0.05, 0) is 50.3 Å². The molecule has 4 N–H and O–H groups in total. The van der Waals surface area contributed by atoms with Gasteiger partial charge in [-0.15, -0.1) is 0 Å². The van der Waals surface area contributed by atoms with E-state index in [4.69, 9.17) is 22.7 Å². The number of nitrogens with two attached hydrogens (primary N) is 1. The first-order valence-electron chi connectivity index (χ1n) is 9.39. The van der Waals surface area contributed by atoms with Crippen LogP contribution in [-0.2, 0) is 4.79 Å². The molecule has 1 saturated carbocycles. The Balaban J connectivity index is 1.50. The maximum absolute atomic E-state index is 12.4. The minimum atomic E-state index is -0.0905. The van der Waals surface area contributed by atoms with Crippen molar-refractivity contribution in [2.75, 3.05) is 11.9 Å². The van der Waals surface area contributed by atoms with Crippen molar-refractivity contribution in [1.82, 2.24) is 10.7 Å². The molecule has 1 unspecified atom stereocenters. The van der Waals surface area contributed by atoms with E-state index in [1.807, 2.05) is 24.3 Å². The summed E-state index contributed by atoms with van der Waals surface area (Å²) in [4.78, 5) is 14.7. The zero-order valence-corrected chi connectivity index (χ0v) is 16.2. The summed E-state index contributed by atoms with van der Waals surface area (Å²) in [5.41, 5.74) is 4.21. The van der Waals surface area contributed by atoms with Gasteiger partial charge in [-0.2, -0.15) is 5.26 Å². The Morgan fingerprint density at radius 2 is 2.04 bits per heavy atom. The summed E-state index contributed by atoms with van der Waals surface area (Å²) >= 11 is 6.16. The molecule has 0 radical (unpaired) electrons. The lowest BCUT2D eigenvalue weighted by atomic mass is 9.89. The average Bonchev–Trinajstić information content (AvgIpc) is 3.17. The molecule has 2 aliphatic rings. The minimum Gasteiger partial charge on any atom is -0.372 e. The maximum atomic E-state index is 12.4. The van der Waals surface area contributed by atoms with Crippen molar-refractivity contribution in [3.8, 4) is 6.07 Å². The van der Waals surface area contributed by atoms with Gasteiger partial charge in [0.05, 0.1) is 16.5 Å². The number of carbonyl (C=O) groups excluding carboxylic acids is 1. The Hall–Kier alpha value is -2.07. The molecule has 2 aliphatic carbocycles. The van der Waals surface area contributed by atoms with E-state index < -0.39 is 0 Å². The van der Waals surface area contributed by atoms with Crippen molar-refractivity contribution in [3.05, 3.63) is 40.9 Å². The summed E-state index contributed by atoms with van der Waals surface area (Å²) in [6.45, 7) is 0. The zero-order chi connectivity index (χ0) is 19.4. The summed E-state index contributed by atoms with van der Waals surface area (Å²) in [7, 11) is 2.06. The molecule has 0 aromatic heterocycles. The van der Waals surface area contributed by atoms with E-state index in [0.717, 1.165) is 37.8 Å². The number of nitriles is 1. The second-order valence-corrected chi connectivity index (χ2v) is 7.81. The summed E-state index contributed by atoms with van der Waals surface area (Å²) < 4.78 is 0. The van der Waals surface area contributed by atoms with Crippen molar-refractivity contribution in [2.45, 2.75) is 50.2 Å². The number of hydrogen-bond acceptors (Lipinski definition) is 5. The fourth-order valence-corrected chi connectivity index (χ4v) is 4.17. The van der Waals surface area contributed by atoms with E-state index >= 15 is 0 Å². The molecule has 0 bridgehead atoms. The molecule has 2 atom stereocenters. The van der Waals surface area contributed by atoms with Gasteiger partial charge in [0.15, 0.2) is 0 Å². The highest BCUT2D eigenvalue weighted by atomic mass is 35.5. The minimum absolute atomic E-state index is 0.0874. The monoisotopic (exact) mass is 387 g/mol. The Labute approximate surface area is 165 Å². The third kappa shape index (κ3) is 4.62. The second-order valence-electron chi connectivity index (χ2n) is 7.40. The Kier molecular flexibility index (Phi) is 6.38. The second kappa shape index (κ2) is 8.75. The van der Waals surface area contributed by atoms with E-state index in [1.165, 1.54) is 0 Å². The highest BCUT2D eigenvalue weighted by Gasteiger charge is 2.29. The van der Waals surface area contributed by atoms with Gasteiger partial charge >= 0.3 is 0 Å². The van der Waals surface area contributed by atoms with Crippen molar-refractivity contribution in [3.63, 3.8) is 0 Å². The molecule has 1 amide bonds. The van der Waals surface area contributed by atoms with Crippen molar-refractivity contribution < 1.29 is 4.79 Å². The Morgan fingerprint density at radius 1 is 1.30 bits per heavy atom. The number of benzene rings is 1. The van der Waals surface area contributed by atoms with Gasteiger partial charge < -0.3 is 10.2 Å². The fourth-order valence-electron chi connectivity index (χ4n) is 3.96. The molecule has 1 fully saturated rings. The predicted octanol–water partition coefficient (Wildman–Crippen LogP) is 2.48. The van der Waals surface area contributed by atoms with Crippen LogP contribution in [0.3, 0.4) is 0 Å². The van der Waals surface area contributed by atoms with E-state index in [1.54, 1.807) is 6.07 Å². The molecule has 3 rings (SSSR count). The normalized spacial score (nSPS) is 27.2. The van der Waals surface area contributed by atoms with Crippen LogP contribution in [0.25, 0.3) is 0 Å². The number of nitrogens with one attached hydrogen (secondary N) is 2. The summed E-state index contributed by atoms with van der Waals surface area (Å²) in [5, 5.41) is 12.7. The molecular formula is C20H26ClN5O. The maximum Gasteiger partial charge on any atom is 0.227 e. The van der Waals surface area contributed by atoms with E-state index in [0.29, 0.717) is 16.6 Å². The standard InChI is InChI=1S/C20H26ClN5O/c1-26(18-7-3-14(12-22)19(21)11-18)17-8-5-15(6-9-17)24-20(27)13-2-4-16(10-13)25-23/h2-4,7,11,13,15-17,25H,5-6,8-10,23H2,1H3,(H,24,27)/t13-,15?,16?,17?/m1/s1. The van der Waals surface area contributed by atoms with Crippen molar-refractivity contribution in [1.29, 1.82) is 5.26 Å². The van der Waals surface area contributed by atoms with Gasteiger partial charge in [-0.25, -0.2) is 0 Å². The molecule has 144 valence electrons. The Bertz CT molecular complexity index is 751. The average molecular weight is 388 g/mol. The summed E-state index contributed by atoms with van der Waals surface area (Å²) in [5.74, 6) is 5.44. The van der Waals surface area contributed by atoms with Gasteiger partial charge in [0.25, 0.3) is 0 Å². The van der Waals surface area contributed by atoms with Gasteiger partial charge in [0.1, 0.15) is 6.07 Å². The van der Waals surface area contributed by atoms with Crippen LogP contribution in [0.1, 0.15) is 37.7 Å². The van der Waals surface area contributed by atoms with Crippen LogP contribution in [0, 0.1) is 17.2 Å². The number of carbonyl (C=O) groups is 1. The van der Waals surface area contributed by atoms with Crippen LogP contribution in [0.2, 0.25) is 5.02 Å². The van der Waals surface area contributed by atoms with Gasteiger partial charge in [0, 0.05) is 30.9 Å². The molecule has 1 aromatic rings. The lowest BCUT2D eigenvalue weighted by Crippen LogP contribution is -2.44. The molecule has 0 heterocycles.